The number of aliphatic hydroxyl groups is 2. The van der Waals surface area contributed by atoms with E-state index in [0.29, 0.717) is 6.42 Å². The van der Waals surface area contributed by atoms with E-state index in [2.05, 4.69) is 43.5 Å². The van der Waals surface area contributed by atoms with Gasteiger partial charge in [0, 0.05) is 6.42 Å². The fourth-order valence-corrected chi connectivity index (χ4v) is 4.56. The van der Waals surface area contributed by atoms with Gasteiger partial charge in [0.2, 0.25) is 5.91 Å². The number of carbonyl (C=O) groups is 1. The molecule has 0 saturated heterocycles. The highest BCUT2D eigenvalue weighted by Crippen LogP contribution is 2.11. The van der Waals surface area contributed by atoms with E-state index < -0.39 is 12.1 Å². The second kappa shape index (κ2) is 30.2. The van der Waals surface area contributed by atoms with Gasteiger partial charge in [-0.2, -0.15) is 0 Å². The van der Waals surface area contributed by atoms with Crippen LogP contribution in [0.2, 0.25) is 0 Å². The maximum Gasteiger partial charge on any atom is 0.220 e. The van der Waals surface area contributed by atoms with Crippen molar-refractivity contribution in [3.8, 4) is 0 Å². The van der Waals surface area contributed by atoms with Gasteiger partial charge in [0.1, 0.15) is 0 Å². The smallest absolute Gasteiger partial charge is 0.220 e. The Morgan fingerprint density at radius 1 is 0.605 bits per heavy atom. The highest BCUT2D eigenvalue weighted by atomic mass is 16.3. The van der Waals surface area contributed by atoms with Crippen LogP contribution in [0.15, 0.2) is 36.5 Å². The maximum absolute atomic E-state index is 12.2. The number of hydrogen-bond acceptors (Lipinski definition) is 3. The van der Waals surface area contributed by atoms with Gasteiger partial charge in [-0.1, -0.05) is 140 Å². The molecule has 0 rings (SSSR count). The van der Waals surface area contributed by atoms with Crippen molar-refractivity contribution in [2.24, 2.45) is 0 Å². The zero-order valence-electron chi connectivity index (χ0n) is 25.2. The molecule has 3 N–H and O–H groups in total. The number of amides is 1. The number of nitrogens with one attached hydrogen (secondary N) is 1. The quantitative estimate of drug-likeness (QED) is 0.0693. The van der Waals surface area contributed by atoms with Crippen molar-refractivity contribution in [1.29, 1.82) is 0 Å². The predicted molar refractivity (Wildman–Crippen MR) is 165 cm³/mol. The van der Waals surface area contributed by atoms with Crippen molar-refractivity contribution in [2.75, 3.05) is 6.61 Å². The van der Waals surface area contributed by atoms with Crippen molar-refractivity contribution in [1.82, 2.24) is 5.32 Å². The third-order valence-corrected chi connectivity index (χ3v) is 7.10. The topological polar surface area (TPSA) is 69.6 Å². The summed E-state index contributed by atoms with van der Waals surface area (Å²) in [6, 6.07) is -0.638. The number of aliphatic hydroxyl groups excluding tert-OH is 2. The second-order valence-electron chi connectivity index (χ2n) is 10.9. The zero-order chi connectivity index (χ0) is 27.9. The van der Waals surface area contributed by atoms with Crippen LogP contribution in [0, 0.1) is 0 Å². The molecule has 0 aliphatic heterocycles. The first-order chi connectivity index (χ1) is 18.7. The van der Waals surface area contributed by atoms with Crippen LogP contribution in [0.25, 0.3) is 0 Å². The van der Waals surface area contributed by atoms with Gasteiger partial charge in [-0.15, -0.1) is 0 Å². The standard InChI is InChI=1S/C34H63NO3/c1-3-5-7-9-11-13-14-15-16-17-18-19-20-21-22-23-25-27-29-33(37)32(31-36)35-34(38)30-28-26-24-12-10-8-6-4-2/h17-18,21-22,27,29,32-33,36-37H,3-16,19-20,23-26,28,30-31H2,1-2H3,(H,35,38)/b18-17+,22-21+,29-27+. The van der Waals surface area contributed by atoms with Crippen LogP contribution < -0.4 is 5.32 Å². The Kier molecular flexibility index (Phi) is 29.1. The van der Waals surface area contributed by atoms with Crippen LogP contribution >= 0.6 is 0 Å². The Hall–Kier alpha value is -1.39. The van der Waals surface area contributed by atoms with E-state index >= 15 is 0 Å². The van der Waals surface area contributed by atoms with Crippen molar-refractivity contribution in [2.45, 2.75) is 167 Å². The van der Waals surface area contributed by atoms with Crippen LogP contribution in [0.1, 0.15) is 155 Å². The van der Waals surface area contributed by atoms with E-state index in [0.717, 1.165) is 38.5 Å². The molecule has 1 amide bonds. The molecule has 0 aromatic carbocycles. The minimum absolute atomic E-state index is 0.0859. The fraction of sp³-hybridized carbons (Fsp3) is 0.794. The number of allylic oxidation sites excluding steroid dienone is 5. The monoisotopic (exact) mass is 533 g/mol. The first-order valence-corrected chi connectivity index (χ1v) is 16.2. The van der Waals surface area contributed by atoms with E-state index in [1.165, 1.54) is 96.3 Å². The lowest BCUT2D eigenvalue weighted by molar-refractivity contribution is -0.123. The lowest BCUT2D eigenvalue weighted by atomic mass is 10.1. The summed E-state index contributed by atoms with van der Waals surface area (Å²) in [4.78, 5) is 12.2. The fourth-order valence-electron chi connectivity index (χ4n) is 4.56. The average molecular weight is 534 g/mol. The number of carbonyl (C=O) groups excluding carboxylic acids is 1. The third-order valence-electron chi connectivity index (χ3n) is 7.10. The van der Waals surface area contributed by atoms with Crippen molar-refractivity contribution >= 4 is 5.91 Å². The van der Waals surface area contributed by atoms with Crippen LogP contribution in [0.5, 0.6) is 0 Å². The summed E-state index contributed by atoms with van der Waals surface area (Å²) in [6.45, 7) is 4.23. The summed E-state index contributed by atoms with van der Waals surface area (Å²) >= 11 is 0. The van der Waals surface area contributed by atoms with Gasteiger partial charge in [-0.05, 0) is 44.9 Å². The van der Waals surface area contributed by atoms with Gasteiger partial charge in [0.05, 0.1) is 18.8 Å². The zero-order valence-corrected chi connectivity index (χ0v) is 25.2. The third kappa shape index (κ3) is 26.2. The van der Waals surface area contributed by atoms with Crippen molar-refractivity contribution in [3.05, 3.63) is 36.5 Å². The van der Waals surface area contributed by atoms with E-state index in [4.69, 9.17) is 0 Å². The molecule has 0 aromatic heterocycles. The molecule has 2 unspecified atom stereocenters. The van der Waals surface area contributed by atoms with Crippen molar-refractivity contribution < 1.29 is 15.0 Å². The predicted octanol–water partition coefficient (Wildman–Crippen LogP) is 9.12. The molecule has 4 nitrogen and oxygen atoms in total. The van der Waals surface area contributed by atoms with Crippen LogP contribution in [0.4, 0.5) is 0 Å². The molecule has 0 aliphatic carbocycles. The summed E-state index contributed by atoms with van der Waals surface area (Å²) in [6.07, 6.45) is 38.0. The Bertz CT molecular complexity index is 584. The molecule has 0 heterocycles. The Balaban J connectivity index is 3.74. The normalized spacial score (nSPS) is 13.7. The van der Waals surface area contributed by atoms with Crippen LogP contribution in [0.3, 0.4) is 0 Å². The summed E-state index contributed by atoms with van der Waals surface area (Å²) in [7, 11) is 0. The molecule has 0 radical (unpaired) electrons. The maximum atomic E-state index is 12.2. The molecule has 2 atom stereocenters. The van der Waals surface area contributed by atoms with E-state index in [9.17, 15) is 15.0 Å². The molecular weight excluding hydrogens is 470 g/mol. The van der Waals surface area contributed by atoms with Gasteiger partial charge in [-0.3, -0.25) is 4.79 Å². The van der Waals surface area contributed by atoms with E-state index in [1.807, 2.05) is 6.08 Å². The summed E-state index contributed by atoms with van der Waals surface area (Å²) in [5, 5.41) is 22.7. The average Bonchev–Trinajstić information content (AvgIpc) is 2.92. The van der Waals surface area contributed by atoms with E-state index in [1.54, 1.807) is 6.08 Å². The largest absolute Gasteiger partial charge is 0.394 e. The summed E-state index contributed by atoms with van der Waals surface area (Å²) in [5.41, 5.74) is 0. The Labute approximate surface area is 236 Å². The summed E-state index contributed by atoms with van der Waals surface area (Å²) in [5.74, 6) is -0.0859. The molecule has 4 heteroatoms. The molecule has 0 aromatic rings. The molecular formula is C34H63NO3. The lowest BCUT2D eigenvalue weighted by Gasteiger charge is -2.19. The van der Waals surface area contributed by atoms with Gasteiger partial charge in [0.15, 0.2) is 0 Å². The number of rotatable bonds is 28. The lowest BCUT2D eigenvalue weighted by Crippen LogP contribution is -2.45. The second-order valence-corrected chi connectivity index (χ2v) is 10.9. The van der Waals surface area contributed by atoms with Crippen molar-refractivity contribution in [3.63, 3.8) is 0 Å². The first kappa shape index (κ1) is 36.6. The molecule has 38 heavy (non-hydrogen) atoms. The molecule has 0 aliphatic rings. The summed E-state index contributed by atoms with van der Waals surface area (Å²) < 4.78 is 0. The minimum atomic E-state index is -0.863. The van der Waals surface area contributed by atoms with Gasteiger partial charge >= 0.3 is 0 Å². The first-order valence-electron chi connectivity index (χ1n) is 16.2. The molecule has 0 bridgehead atoms. The van der Waals surface area contributed by atoms with Gasteiger partial charge < -0.3 is 15.5 Å². The Morgan fingerprint density at radius 3 is 1.53 bits per heavy atom. The van der Waals surface area contributed by atoms with Gasteiger partial charge in [0.25, 0.3) is 0 Å². The van der Waals surface area contributed by atoms with Crippen LogP contribution in [-0.4, -0.2) is 34.9 Å². The minimum Gasteiger partial charge on any atom is -0.394 e. The number of unbranched alkanes of at least 4 members (excludes halogenated alkanes) is 17. The molecule has 0 saturated carbocycles. The molecule has 0 spiro atoms. The Morgan fingerprint density at radius 2 is 1.03 bits per heavy atom. The highest BCUT2D eigenvalue weighted by molar-refractivity contribution is 5.76. The SMILES string of the molecule is CCCCCCCCCC/C=C/CC/C=C/CC/C=C/C(O)C(CO)NC(=O)CCCCCCCCCC. The van der Waals surface area contributed by atoms with Gasteiger partial charge in [-0.25, -0.2) is 0 Å². The molecule has 222 valence electrons. The number of hydrogen-bond donors (Lipinski definition) is 3. The van der Waals surface area contributed by atoms with Crippen LogP contribution in [-0.2, 0) is 4.79 Å². The highest BCUT2D eigenvalue weighted by Gasteiger charge is 2.17. The van der Waals surface area contributed by atoms with E-state index in [-0.39, 0.29) is 12.5 Å². The molecule has 0 fully saturated rings.